The van der Waals surface area contributed by atoms with Crippen molar-refractivity contribution in [1.82, 2.24) is 37.9 Å². The van der Waals surface area contributed by atoms with Crippen molar-refractivity contribution in [3.05, 3.63) is 35.4 Å². The number of hydrogen-bond donors (Lipinski definition) is 0. The average Bonchev–Trinajstić information content (AvgIpc) is 3.82. The number of hydrogen-bond acceptors (Lipinski definition) is 15. The Balaban J connectivity index is 1.23. The van der Waals surface area contributed by atoms with E-state index in [0.717, 1.165) is 0 Å². The van der Waals surface area contributed by atoms with E-state index in [1.165, 1.54) is 55.5 Å². The molecule has 252 valence electrons. The van der Waals surface area contributed by atoms with Gasteiger partial charge in [-0.15, -0.1) is 0 Å². The minimum absolute atomic E-state index is 0.0973. The van der Waals surface area contributed by atoms with Crippen LogP contribution in [0, 0.1) is 0 Å². The second kappa shape index (κ2) is 12.0. The Bertz CT molecular complexity index is 2170. The van der Waals surface area contributed by atoms with Crippen molar-refractivity contribution in [3.63, 3.8) is 0 Å². The molecule has 0 amide bonds. The van der Waals surface area contributed by atoms with Gasteiger partial charge in [0.2, 0.25) is 0 Å². The van der Waals surface area contributed by atoms with Crippen LogP contribution in [0.25, 0.3) is 33.8 Å². The van der Waals surface area contributed by atoms with Crippen molar-refractivity contribution < 1.29 is 47.6 Å². The topological polar surface area (TPSA) is 211 Å². The highest BCUT2D eigenvalue weighted by Gasteiger charge is 2.41. The summed E-state index contributed by atoms with van der Waals surface area (Å²) in [6.07, 6.45) is 0.580. The van der Waals surface area contributed by atoms with E-state index >= 15 is 0 Å². The molecule has 0 N–H and O–H groups in total. The molecule has 7 rings (SSSR count). The van der Waals surface area contributed by atoms with Gasteiger partial charge in [0.1, 0.15) is 62.1 Å². The molecule has 2 fully saturated rings. The number of rotatable bonds is 8. The number of fused-ring (bicyclic) bond motifs is 7. The highest BCUT2D eigenvalue weighted by atomic mass is 16.6. The fourth-order valence-electron chi connectivity index (χ4n) is 6.16. The Kier molecular flexibility index (Phi) is 7.78. The van der Waals surface area contributed by atoms with Gasteiger partial charge in [0.25, 0.3) is 0 Å². The first-order valence-electron chi connectivity index (χ1n) is 15.0. The molecule has 0 saturated carbocycles. The van der Waals surface area contributed by atoms with Gasteiger partial charge in [-0.25, -0.2) is 29.1 Å². The normalized spacial score (nSPS) is 24.1. The van der Waals surface area contributed by atoms with Crippen molar-refractivity contribution in [2.24, 2.45) is 0 Å². The lowest BCUT2D eigenvalue weighted by atomic mass is 10.2. The van der Waals surface area contributed by atoms with E-state index in [2.05, 4.69) is 19.9 Å². The zero-order chi connectivity index (χ0) is 33.9. The highest BCUT2D eigenvalue weighted by Crippen LogP contribution is 2.34. The Morgan fingerprint density at radius 3 is 1.98 bits per heavy atom. The first kappa shape index (κ1) is 31.2. The molecule has 19 heteroatoms. The zero-order valence-corrected chi connectivity index (χ0v) is 26.2. The zero-order valence-electron chi connectivity index (χ0n) is 26.2. The van der Waals surface area contributed by atoms with Crippen LogP contribution in [-0.4, -0.2) is 99.4 Å². The minimum atomic E-state index is -0.837. The van der Waals surface area contributed by atoms with Gasteiger partial charge in [-0.05, 0) is 6.07 Å². The summed E-state index contributed by atoms with van der Waals surface area (Å²) in [7, 11) is 0. The van der Waals surface area contributed by atoms with E-state index < -0.39 is 66.4 Å². The van der Waals surface area contributed by atoms with Crippen LogP contribution < -0.4 is 5.69 Å². The number of nitrogens with zero attached hydrogens (tertiary/aromatic N) is 8. The maximum absolute atomic E-state index is 14.0. The number of aromatic nitrogens is 8. The SMILES string of the molecule is CC(=O)OC[C@H]1O[C@@H](n2ccc3nc4nc5c6ncn([C@H]7C[C@H](OC(C)=O)[C@@H](COC(C)=O)O7)c6ncn5c4n3c2=O)C[C@@H]1OC(C)=O. The Morgan fingerprint density at radius 1 is 0.792 bits per heavy atom. The molecular weight excluding hydrogens is 636 g/mol. The molecule has 7 heterocycles. The highest BCUT2D eigenvalue weighted by molar-refractivity contribution is 5.91. The van der Waals surface area contributed by atoms with Crippen LogP contribution >= 0.6 is 0 Å². The third kappa shape index (κ3) is 5.49. The number of carbonyl (C=O) groups excluding carboxylic acids is 4. The quantitative estimate of drug-likeness (QED) is 0.164. The standard InChI is InChI=1S/C29H30N8O11/c1-13(38)43-9-19-17(45-15(3)40)7-22(47-19)34-6-5-21-32-25-28(37(21)29(34)42)36-12-31-26-24(27(36)33-25)30-11-35(26)23-8-18(46-16(4)41)20(48-23)10-44-14(2)39/h5-6,11-12,17-20,22-23H,7-10H2,1-4H3/t17-,18-,19+,20+,22+,23+/m0/s1. The third-order valence-electron chi connectivity index (χ3n) is 8.12. The third-order valence-corrected chi connectivity index (χ3v) is 8.12. The summed E-state index contributed by atoms with van der Waals surface area (Å²) < 4.78 is 39.2. The monoisotopic (exact) mass is 666 g/mol. The largest absolute Gasteiger partial charge is 0.463 e. The molecule has 2 aliphatic rings. The Labute approximate surface area is 269 Å². The van der Waals surface area contributed by atoms with Crippen molar-refractivity contribution in [1.29, 1.82) is 0 Å². The van der Waals surface area contributed by atoms with Gasteiger partial charge >= 0.3 is 29.6 Å². The lowest BCUT2D eigenvalue weighted by Gasteiger charge is -2.17. The van der Waals surface area contributed by atoms with E-state index in [9.17, 15) is 24.0 Å². The van der Waals surface area contributed by atoms with Crippen LogP contribution in [-0.2, 0) is 47.6 Å². The fourth-order valence-corrected chi connectivity index (χ4v) is 6.16. The number of ether oxygens (including phenoxy) is 6. The summed E-state index contributed by atoms with van der Waals surface area (Å²) in [6, 6.07) is 1.63. The average molecular weight is 667 g/mol. The van der Waals surface area contributed by atoms with Gasteiger partial charge in [0.15, 0.2) is 28.1 Å². The summed E-state index contributed by atoms with van der Waals surface area (Å²) in [5.41, 5.74) is 1.61. The van der Waals surface area contributed by atoms with E-state index in [1.807, 2.05) is 0 Å². The molecule has 2 saturated heterocycles. The summed E-state index contributed by atoms with van der Waals surface area (Å²) in [5.74, 6) is -2.04. The van der Waals surface area contributed by atoms with Crippen molar-refractivity contribution in [2.45, 2.75) is 77.4 Å². The second-order valence-corrected chi connectivity index (χ2v) is 11.5. The van der Waals surface area contributed by atoms with E-state index in [1.54, 1.807) is 15.0 Å². The lowest BCUT2D eigenvalue weighted by Crippen LogP contribution is -2.31. The van der Waals surface area contributed by atoms with E-state index in [-0.39, 0.29) is 31.7 Å². The van der Waals surface area contributed by atoms with Gasteiger partial charge < -0.3 is 28.4 Å². The predicted octanol–water partition coefficient (Wildman–Crippen LogP) is 0.606. The molecule has 5 aromatic rings. The van der Waals surface area contributed by atoms with Crippen LogP contribution in [0.3, 0.4) is 0 Å². The number of imidazole rings is 3. The molecule has 5 aromatic heterocycles. The first-order valence-corrected chi connectivity index (χ1v) is 15.0. The summed E-state index contributed by atoms with van der Waals surface area (Å²) in [4.78, 5) is 78.6. The molecule has 0 spiro atoms. The van der Waals surface area contributed by atoms with Crippen LogP contribution in [0.2, 0.25) is 0 Å². The summed E-state index contributed by atoms with van der Waals surface area (Å²) in [6.45, 7) is 4.84. The van der Waals surface area contributed by atoms with Crippen molar-refractivity contribution >= 4 is 57.6 Å². The molecule has 0 bridgehead atoms. The van der Waals surface area contributed by atoms with Crippen molar-refractivity contribution in [2.75, 3.05) is 13.2 Å². The molecule has 48 heavy (non-hydrogen) atoms. The van der Waals surface area contributed by atoms with Crippen LogP contribution in [0.5, 0.6) is 0 Å². The number of esters is 4. The molecule has 0 aromatic carbocycles. The molecule has 0 radical (unpaired) electrons. The van der Waals surface area contributed by atoms with Gasteiger partial charge in [0, 0.05) is 46.7 Å². The summed E-state index contributed by atoms with van der Waals surface area (Å²) >= 11 is 0. The molecule has 19 nitrogen and oxygen atoms in total. The predicted molar refractivity (Wildman–Crippen MR) is 158 cm³/mol. The fraction of sp³-hybridized carbons (Fsp3) is 0.483. The maximum Gasteiger partial charge on any atom is 0.337 e. The lowest BCUT2D eigenvalue weighted by molar-refractivity contribution is -0.157. The van der Waals surface area contributed by atoms with E-state index in [0.29, 0.717) is 28.1 Å². The van der Waals surface area contributed by atoms with Crippen LogP contribution in [0.15, 0.2) is 29.7 Å². The molecule has 0 aliphatic carbocycles. The van der Waals surface area contributed by atoms with E-state index in [4.69, 9.17) is 28.4 Å². The Hall–Kier alpha value is -5.43. The van der Waals surface area contributed by atoms with Crippen LogP contribution in [0.1, 0.15) is 53.0 Å². The van der Waals surface area contributed by atoms with Crippen molar-refractivity contribution in [3.8, 4) is 0 Å². The smallest absolute Gasteiger partial charge is 0.337 e. The minimum Gasteiger partial charge on any atom is -0.463 e. The second-order valence-electron chi connectivity index (χ2n) is 11.5. The maximum atomic E-state index is 14.0. The molecular formula is C29H30N8O11. The number of carbonyl (C=O) groups is 4. The van der Waals surface area contributed by atoms with Gasteiger partial charge in [-0.1, -0.05) is 0 Å². The Morgan fingerprint density at radius 2 is 1.40 bits per heavy atom. The molecule has 2 aliphatic heterocycles. The summed E-state index contributed by atoms with van der Waals surface area (Å²) in [5, 5.41) is 0. The van der Waals surface area contributed by atoms with Crippen LogP contribution in [0.4, 0.5) is 0 Å². The van der Waals surface area contributed by atoms with Gasteiger partial charge in [-0.2, -0.15) is 0 Å². The van der Waals surface area contributed by atoms with Gasteiger partial charge in [0.05, 0.1) is 6.33 Å². The molecule has 0 unspecified atom stereocenters. The first-order chi connectivity index (χ1) is 23.0. The van der Waals surface area contributed by atoms with Gasteiger partial charge in [-0.3, -0.25) is 32.7 Å². The molecule has 6 atom stereocenters.